The summed E-state index contributed by atoms with van der Waals surface area (Å²) in [4.78, 5) is 1.94. The van der Waals surface area contributed by atoms with Gasteiger partial charge in [0.1, 0.15) is 0 Å². The normalized spacial score (nSPS) is 12.4. The summed E-state index contributed by atoms with van der Waals surface area (Å²) in [6.45, 7) is 5.64. The van der Waals surface area contributed by atoms with E-state index >= 15 is 0 Å². The van der Waals surface area contributed by atoms with Crippen molar-refractivity contribution in [3.05, 3.63) is 40.2 Å². The van der Waals surface area contributed by atoms with E-state index in [-0.39, 0.29) is 6.04 Å². The van der Waals surface area contributed by atoms with E-state index in [0.29, 0.717) is 11.9 Å². The fourth-order valence-electron chi connectivity index (χ4n) is 1.93. The molecule has 1 aromatic heterocycles. The Morgan fingerprint density at radius 3 is 2.90 bits per heavy atom. The zero-order valence-electron chi connectivity index (χ0n) is 11.9. The number of halogens is 1. The third kappa shape index (κ3) is 3.80. The van der Waals surface area contributed by atoms with E-state index < -0.39 is 0 Å². The van der Waals surface area contributed by atoms with E-state index in [1.807, 2.05) is 37.9 Å². The number of aromatic nitrogens is 2. The monoisotopic (exact) mass is 338 g/mol. The molecule has 2 aromatic rings. The van der Waals surface area contributed by atoms with Gasteiger partial charge in [0, 0.05) is 18.1 Å². The molecule has 0 saturated carbocycles. The first-order chi connectivity index (χ1) is 9.60. The standard InChI is InChI=1S/C14H19BrN4O/c1-4-16-10(2)13-17-18-14(20-13)19(3)9-11-6-5-7-12(15)8-11/h5-8,10,16H,4,9H2,1-3H3. The molecule has 1 atom stereocenters. The van der Waals surface area contributed by atoms with Crippen molar-refractivity contribution < 1.29 is 4.42 Å². The molecule has 1 unspecified atom stereocenters. The lowest BCUT2D eigenvalue weighted by Gasteiger charge is -2.14. The third-order valence-electron chi connectivity index (χ3n) is 2.95. The fraction of sp³-hybridized carbons (Fsp3) is 0.429. The second-order valence-electron chi connectivity index (χ2n) is 4.69. The topological polar surface area (TPSA) is 54.2 Å². The van der Waals surface area contributed by atoms with Crippen molar-refractivity contribution in [3.8, 4) is 0 Å². The third-order valence-corrected chi connectivity index (χ3v) is 3.44. The second-order valence-corrected chi connectivity index (χ2v) is 5.60. The highest BCUT2D eigenvalue weighted by atomic mass is 79.9. The van der Waals surface area contributed by atoms with Crippen LogP contribution >= 0.6 is 15.9 Å². The molecule has 0 bridgehead atoms. The lowest BCUT2D eigenvalue weighted by atomic mass is 10.2. The summed E-state index contributed by atoms with van der Waals surface area (Å²) >= 11 is 3.47. The van der Waals surface area contributed by atoms with Crippen molar-refractivity contribution in [2.45, 2.75) is 26.4 Å². The minimum atomic E-state index is 0.0699. The Kier molecular flexibility index (Phi) is 5.14. The van der Waals surface area contributed by atoms with Crippen LogP contribution in [-0.2, 0) is 6.54 Å². The van der Waals surface area contributed by atoms with Gasteiger partial charge in [0.15, 0.2) is 0 Å². The summed E-state index contributed by atoms with van der Waals surface area (Å²) in [5.74, 6) is 0.614. The first kappa shape index (κ1) is 15.0. The van der Waals surface area contributed by atoms with Crippen LogP contribution in [0.5, 0.6) is 0 Å². The molecule has 1 heterocycles. The van der Waals surface area contributed by atoms with Crippen molar-refractivity contribution >= 4 is 21.9 Å². The Balaban J connectivity index is 2.04. The molecule has 6 heteroatoms. The molecule has 0 amide bonds. The number of hydrogen-bond acceptors (Lipinski definition) is 5. The van der Waals surface area contributed by atoms with Gasteiger partial charge in [-0.05, 0) is 31.2 Å². The molecule has 0 fully saturated rings. The number of nitrogens with one attached hydrogen (secondary N) is 1. The van der Waals surface area contributed by atoms with E-state index in [2.05, 4.69) is 43.6 Å². The molecule has 0 aliphatic rings. The van der Waals surface area contributed by atoms with Gasteiger partial charge in [-0.25, -0.2) is 0 Å². The number of benzene rings is 1. The predicted molar refractivity (Wildman–Crippen MR) is 82.6 cm³/mol. The molecule has 1 N–H and O–H groups in total. The molecule has 0 saturated heterocycles. The molecular formula is C14H19BrN4O. The van der Waals surface area contributed by atoms with E-state index in [4.69, 9.17) is 4.42 Å². The first-order valence-corrected chi connectivity index (χ1v) is 7.41. The van der Waals surface area contributed by atoms with Gasteiger partial charge < -0.3 is 14.6 Å². The quantitative estimate of drug-likeness (QED) is 0.876. The first-order valence-electron chi connectivity index (χ1n) is 6.62. The summed E-state index contributed by atoms with van der Waals surface area (Å²) in [5.41, 5.74) is 1.18. The highest BCUT2D eigenvalue weighted by Gasteiger charge is 2.15. The average molecular weight is 339 g/mol. The van der Waals surface area contributed by atoms with Crippen LogP contribution in [0, 0.1) is 0 Å². The molecule has 0 radical (unpaired) electrons. The highest BCUT2D eigenvalue weighted by molar-refractivity contribution is 9.10. The maximum atomic E-state index is 5.69. The van der Waals surface area contributed by atoms with Crippen molar-refractivity contribution in [2.75, 3.05) is 18.5 Å². The van der Waals surface area contributed by atoms with Crippen LogP contribution in [0.25, 0.3) is 0 Å². The average Bonchev–Trinajstić information content (AvgIpc) is 2.88. The van der Waals surface area contributed by atoms with Gasteiger partial charge in [0.25, 0.3) is 0 Å². The number of anilines is 1. The Labute approximate surface area is 127 Å². The predicted octanol–water partition coefficient (Wildman–Crippen LogP) is 3.14. The van der Waals surface area contributed by atoms with Crippen molar-refractivity contribution in [1.82, 2.24) is 15.5 Å². The van der Waals surface area contributed by atoms with Crippen LogP contribution in [0.3, 0.4) is 0 Å². The smallest absolute Gasteiger partial charge is 0.318 e. The SMILES string of the molecule is CCNC(C)c1nnc(N(C)Cc2cccc(Br)c2)o1. The summed E-state index contributed by atoms with van der Waals surface area (Å²) in [7, 11) is 1.94. The van der Waals surface area contributed by atoms with Crippen LogP contribution < -0.4 is 10.2 Å². The lowest BCUT2D eigenvalue weighted by Crippen LogP contribution is -2.18. The number of nitrogens with zero attached hydrogens (tertiary/aromatic N) is 3. The van der Waals surface area contributed by atoms with Crippen molar-refractivity contribution in [3.63, 3.8) is 0 Å². The van der Waals surface area contributed by atoms with Gasteiger partial charge in [-0.1, -0.05) is 40.1 Å². The highest BCUT2D eigenvalue weighted by Crippen LogP contribution is 2.19. The van der Waals surface area contributed by atoms with E-state index in [1.54, 1.807) is 0 Å². The molecule has 108 valence electrons. The van der Waals surface area contributed by atoms with Crippen molar-refractivity contribution in [2.24, 2.45) is 0 Å². The maximum Gasteiger partial charge on any atom is 0.318 e. The second kappa shape index (κ2) is 6.85. The van der Waals surface area contributed by atoms with Gasteiger partial charge in [-0.15, -0.1) is 5.10 Å². The van der Waals surface area contributed by atoms with Crippen LogP contribution in [0.2, 0.25) is 0 Å². The zero-order chi connectivity index (χ0) is 14.5. The van der Waals surface area contributed by atoms with Crippen LogP contribution in [-0.4, -0.2) is 23.8 Å². The van der Waals surface area contributed by atoms with Gasteiger partial charge in [0.05, 0.1) is 6.04 Å². The number of hydrogen-bond donors (Lipinski definition) is 1. The Bertz CT molecular complexity index is 558. The lowest BCUT2D eigenvalue weighted by molar-refractivity contribution is 0.421. The summed E-state index contributed by atoms with van der Waals surface area (Å²) in [5, 5.41) is 11.4. The van der Waals surface area contributed by atoms with Crippen molar-refractivity contribution in [1.29, 1.82) is 0 Å². The van der Waals surface area contributed by atoms with E-state index in [9.17, 15) is 0 Å². The molecule has 0 spiro atoms. The minimum absolute atomic E-state index is 0.0699. The zero-order valence-corrected chi connectivity index (χ0v) is 13.5. The van der Waals surface area contributed by atoms with Crippen LogP contribution in [0.15, 0.2) is 33.2 Å². The Morgan fingerprint density at radius 1 is 1.40 bits per heavy atom. The van der Waals surface area contributed by atoms with Gasteiger partial charge >= 0.3 is 6.01 Å². The fourth-order valence-corrected chi connectivity index (χ4v) is 2.37. The largest absolute Gasteiger partial charge is 0.406 e. The Hall–Kier alpha value is -1.40. The molecule has 20 heavy (non-hydrogen) atoms. The number of rotatable bonds is 6. The summed E-state index contributed by atoms with van der Waals surface area (Å²) in [6, 6.07) is 8.77. The minimum Gasteiger partial charge on any atom is -0.406 e. The van der Waals surface area contributed by atoms with Gasteiger partial charge in [0.2, 0.25) is 5.89 Å². The summed E-state index contributed by atoms with van der Waals surface area (Å²) < 4.78 is 6.76. The van der Waals surface area contributed by atoms with Gasteiger partial charge in [-0.2, -0.15) is 0 Å². The van der Waals surface area contributed by atoms with Crippen LogP contribution in [0.1, 0.15) is 31.3 Å². The van der Waals surface area contributed by atoms with Gasteiger partial charge in [-0.3, -0.25) is 0 Å². The molecule has 2 rings (SSSR count). The maximum absolute atomic E-state index is 5.69. The molecule has 0 aliphatic carbocycles. The van der Waals surface area contributed by atoms with Crippen LogP contribution in [0.4, 0.5) is 6.01 Å². The molecule has 1 aromatic carbocycles. The van der Waals surface area contributed by atoms with E-state index in [0.717, 1.165) is 17.6 Å². The molecule has 0 aliphatic heterocycles. The molecule has 5 nitrogen and oxygen atoms in total. The van der Waals surface area contributed by atoms with E-state index in [1.165, 1.54) is 5.56 Å². The molecular weight excluding hydrogens is 320 g/mol. The Morgan fingerprint density at radius 2 is 2.20 bits per heavy atom. The summed E-state index contributed by atoms with van der Waals surface area (Å²) in [6.07, 6.45) is 0.